The van der Waals surface area contributed by atoms with Gasteiger partial charge in [0.05, 0.1) is 5.92 Å². The van der Waals surface area contributed by atoms with Crippen LogP contribution in [0.15, 0.2) is 18.2 Å². The number of hydrogen-bond donors (Lipinski definition) is 1. The predicted octanol–water partition coefficient (Wildman–Crippen LogP) is 2.15. The lowest BCUT2D eigenvalue weighted by atomic mass is 10.1. The van der Waals surface area contributed by atoms with Crippen molar-refractivity contribution in [2.24, 2.45) is 5.92 Å². The zero-order valence-electron chi connectivity index (χ0n) is 7.21. The summed E-state index contributed by atoms with van der Waals surface area (Å²) in [5.41, 5.74) is 0.566. The van der Waals surface area contributed by atoms with Crippen LogP contribution >= 0.6 is 0 Å². The number of hydrogen-bond acceptors (Lipinski definition) is 1. The molecule has 1 aliphatic carbocycles. The van der Waals surface area contributed by atoms with Gasteiger partial charge in [-0.3, -0.25) is 4.79 Å². The zero-order valence-corrected chi connectivity index (χ0v) is 7.21. The molecule has 1 aliphatic rings. The first-order chi connectivity index (χ1) is 6.59. The van der Waals surface area contributed by atoms with Crippen LogP contribution in [0.2, 0.25) is 0 Å². The third-order valence-corrected chi connectivity index (χ3v) is 2.48. The Kier molecular flexibility index (Phi) is 1.98. The second kappa shape index (κ2) is 3.04. The number of halogens is 2. The molecular weight excluding hydrogens is 190 g/mol. The minimum atomic E-state index is -0.918. The van der Waals surface area contributed by atoms with E-state index < -0.39 is 23.5 Å². The third kappa shape index (κ3) is 1.47. The van der Waals surface area contributed by atoms with Gasteiger partial charge >= 0.3 is 5.97 Å². The van der Waals surface area contributed by atoms with E-state index in [1.54, 1.807) is 0 Å². The van der Waals surface area contributed by atoms with E-state index in [0.29, 0.717) is 12.0 Å². The summed E-state index contributed by atoms with van der Waals surface area (Å²) >= 11 is 0. The van der Waals surface area contributed by atoms with Crippen LogP contribution in [-0.4, -0.2) is 11.1 Å². The Balaban J connectivity index is 2.20. The number of carbonyl (C=O) groups is 1. The average molecular weight is 198 g/mol. The molecule has 1 aromatic rings. The smallest absolute Gasteiger partial charge is 0.307 e. The lowest BCUT2D eigenvalue weighted by Crippen LogP contribution is -1.99. The summed E-state index contributed by atoms with van der Waals surface area (Å²) in [5.74, 6) is -3.28. The SMILES string of the molecule is O=C(O)C1C[C@H]1c1ccc(F)c(F)c1. The largest absolute Gasteiger partial charge is 0.481 e. The maximum atomic E-state index is 12.8. The predicted molar refractivity (Wildman–Crippen MR) is 44.8 cm³/mol. The van der Waals surface area contributed by atoms with Gasteiger partial charge in [0.2, 0.25) is 0 Å². The van der Waals surface area contributed by atoms with Crippen LogP contribution in [0.1, 0.15) is 17.9 Å². The van der Waals surface area contributed by atoms with Gasteiger partial charge < -0.3 is 5.11 Å². The van der Waals surface area contributed by atoms with Crippen molar-refractivity contribution in [3.05, 3.63) is 35.4 Å². The van der Waals surface area contributed by atoms with Crippen LogP contribution in [-0.2, 0) is 4.79 Å². The van der Waals surface area contributed by atoms with Crippen LogP contribution in [0.3, 0.4) is 0 Å². The summed E-state index contributed by atoms with van der Waals surface area (Å²) in [6, 6.07) is 3.54. The van der Waals surface area contributed by atoms with E-state index in [0.717, 1.165) is 12.1 Å². The van der Waals surface area contributed by atoms with Crippen molar-refractivity contribution >= 4 is 5.97 Å². The Morgan fingerprint density at radius 1 is 1.36 bits per heavy atom. The molecule has 1 N–H and O–H groups in total. The van der Waals surface area contributed by atoms with Gasteiger partial charge in [-0.1, -0.05) is 6.07 Å². The molecule has 0 bridgehead atoms. The highest BCUT2D eigenvalue weighted by molar-refractivity contribution is 5.75. The Labute approximate surface area is 79.2 Å². The normalized spacial score (nSPS) is 24.7. The van der Waals surface area contributed by atoms with Crippen molar-refractivity contribution in [2.75, 3.05) is 0 Å². The fourth-order valence-corrected chi connectivity index (χ4v) is 1.58. The monoisotopic (exact) mass is 198 g/mol. The number of carboxylic acid groups (broad SMARTS) is 1. The average Bonchev–Trinajstić information content (AvgIpc) is 2.89. The first kappa shape index (κ1) is 9.12. The molecule has 2 atom stereocenters. The minimum absolute atomic E-state index is 0.150. The van der Waals surface area contributed by atoms with Crippen molar-refractivity contribution in [2.45, 2.75) is 12.3 Å². The topological polar surface area (TPSA) is 37.3 Å². The molecule has 4 heteroatoms. The van der Waals surface area contributed by atoms with Crippen molar-refractivity contribution in [1.29, 1.82) is 0 Å². The second-order valence-electron chi connectivity index (χ2n) is 3.46. The molecule has 0 radical (unpaired) electrons. The molecule has 0 amide bonds. The van der Waals surface area contributed by atoms with Gasteiger partial charge in [0.25, 0.3) is 0 Å². The van der Waals surface area contributed by atoms with Crippen LogP contribution in [0, 0.1) is 17.6 Å². The maximum Gasteiger partial charge on any atom is 0.307 e. The van der Waals surface area contributed by atoms with E-state index in [9.17, 15) is 13.6 Å². The summed E-state index contributed by atoms with van der Waals surface area (Å²) in [6.07, 6.45) is 0.514. The van der Waals surface area contributed by atoms with Gasteiger partial charge in [0.15, 0.2) is 11.6 Å². The Morgan fingerprint density at radius 2 is 2.07 bits per heavy atom. The molecule has 1 unspecified atom stereocenters. The van der Waals surface area contributed by atoms with E-state index in [1.165, 1.54) is 6.07 Å². The highest BCUT2D eigenvalue weighted by Gasteiger charge is 2.44. The molecule has 1 fully saturated rings. The first-order valence-corrected chi connectivity index (χ1v) is 4.27. The quantitative estimate of drug-likeness (QED) is 0.790. The van der Waals surface area contributed by atoms with Gasteiger partial charge in [-0.05, 0) is 30.0 Å². The lowest BCUT2D eigenvalue weighted by molar-refractivity contribution is -0.138. The molecule has 0 spiro atoms. The highest BCUT2D eigenvalue weighted by Crippen LogP contribution is 2.47. The van der Waals surface area contributed by atoms with Gasteiger partial charge in [-0.25, -0.2) is 8.78 Å². The number of carboxylic acids is 1. The standard InChI is InChI=1S/C10H8F2O2/c11-8-2-1-5(3-9(8)12)6-4-7(6)10(13)14/h1-3,6-7H,4H2,(H,13,14)/t6-,7?/m0/s1. The summed E-state index contributed by atoms with van der Waals surface area (Å²) < 4.78 is 25.3. The minimum Gasteiger partial charge on any atom is -0.481 e. The Morgan fingerprint density at radius 3 is 2.57 bits per heavy atom. The number of rotatable bonds is 2. The Hall–Kier alpha value is -1.45. The fraction of sp³-hybridized carbons (Fsp3) is 0.300. The molecule has 1 aromatic carbocycles. The molecule has 0 saturated heterocycles. The summed E-state index contributed by atoms with van der Waals surface area (Å²) in [6.45, 7) is 0. The third-order valence-electron chi connectivity index (χ3n) is 2.48. The second-order valence-corrected chi connectivity index (χ2v) is 3.46. The van der Waals surface area contributed by atoms with E-state index >= 15 is 0 Å². The van der Waals surface area contributed by atoms with E-state index in [1.807, 2.05) is 0 Å². The van der Waals surface area contributed by atoms with E-state index in [-0.39, 0.29) is 5.92 Å². The molecule has 2 rings (SSSR count). The van der Waals surface area contributed by atoms with Crippen LogP contribution in [0.25, 0.3) is 0 Å². The number of aliphatic carboxylic acids is 1. The summed E-state index contributed by atoms with van der Waals surface area (Å²) in [5, 5.41) is 8.64. The van der Waals surface area contributed by atoms with E-state index in [4.69, 9.17) is 5.11 Å². The fourth-order valence-electron chi connectivity index (χ4n) is 1.58. The van der Waals surface area contributed by atoms with Crippen molar-refractivity contribution in [1.82, 2.24) is 0 Å². The zero-order chi connectivity index (χ0) is 10.3. The van der Waals surface area contributed by atoms with Gasteiger partial charge in [-0.2, -0.15) is 0 Å². The molecule has 74 valence electrons. The lowest BCUT2D eigenvalue weighted by Gasteiger charge is -1.99. The van der Waals surface area contributed by atoms with Gasteiger partial charge in [-0.15, -0.1) is 0 Å². The van der Waals surface area contributed by atoms with Gasteiger partial charge in [0, 0.05) is 0 Å². The highest BCUT2D eigenvalue weighted by atomic mass is 19.2. The van der Waals surface area contributed by atoms with Gasteiger partial charge in [0.1, 0.15) is 0 Å². The molecule has 0 aromatic heterocycles. The summed E-state index contributed by atoms with van der Waals surface area (Å²) in [4.78, 5) is 10.5. The molecule has 14 heavy (non-hydrogen) atoms. The van der Waals surface area contributed by atoms with E-state index in [2.05, 4.69) is 0 Å². The van der Waals surface area contributed by atoms with Crippen LogP contribution in [0.4, 0.5) is 8.78 Å². The number of benzene rings is 1. The first-order valence-electron chi connectivity index (χ1n) is 4.27. The van der Waals surface area contributed by atoms with Crippen molar-refractivity contribution < 1.29 is 18.7 Å². The van der Waals surface area contributed by atoms with Crippen LogP contribution < -0.4 is 0 Å². The maximum absolute atomic E-state index is 12.8. The Bertz CT molecular complexity index is 390. The van der Waals surface area contributed by atoms with Crippen molar-refractivity contribution in [3.63, 3.8) is 0 Å². The summed E-state index contributed by atoms with van der Waals surface area (Å²) in [7, 11) is 0. The van der Waals surface area contributed by atoms with Crippen molar-refractivity contribution in [3.8, 4) is 0 Å². The molecule has 0 heterocycles. The molecule has 1 saturated carbocycles. The van der Waals surface area contributed by atoms with Crippen LogP contribution in [0.5, 0.6) is 0 Å². The molecule has 0 aliphatic heterocycles. The molecular formula is C10H8F2O2. The molecule has 2 nitrogen and oxygen atoms in total.